The molecule has 0 aliphatic heterocycles. The third-order valence-electron chi connectivity index (χ3n) is 3.63. The predicted molar refractivity (Wildman–Crippen MR) is 92.4 cm³/mol. The number of hydrazone groups is 1. The average molecular weight is 324 g/mol. The number of hydrogen-bond donors (Lipinski definition) is 1. The van der Waals surface area contributed by atoms with Crippen LogP contribution in [-0.4, -0.2) is 25.3 Å². The van der Waals surface area contributed by atoms with E-state index in [-0.39, 0.29) is 11.2 Å². The van der Waals surface area contributed by atoms with Gasteiger partial charge in [-0.1, -0.05) is 30.3 Å². The Morgan fingerprint density at radius 3 is 2.50 bits per heavy atom. The molecular weight excluding hydrogens is 308 g/mol. The summed E-state index contributed by atoms with van der Waals surface area (Å²) < 4.78 is 2.30. The van der Waals surface area contributed by atoms with Crippen molar-refractivity contribution in [1.29, 1.82) is 0 Å². The Balaban J connectivity index is 2.04. The van der Waals surface area contributed by atoms with Crippen LogP contribution in [-0.2, 0) is 14.1 Å². The van der Waals surface area contributed by atoms with Crippen LogP contribution in [0.4, 0.5) is 5.82 Å². The second-order valence-electron chi connectivity index (χ2n) is 5.32. The fraction of sp³-hybridized carbons (Fsp3) is 0.188. The number of aryl methyl sites for hydroxylation is 2. The summed E-state index contributed by atoms with van der Waals surface area (Å²) in [6.45, 7) is 1.72. The van der Waals surface area contributed by atoms with E-state index in [1.54, 1.807) is 20.2 Å². The number of nitrogens with zero attached hydrogens (tertiary/aromatic N) is 5. The number of aromatic nitrogens is 4. The minimum absolute atomic E-state index is 0.148. The molecule has 0 amide bonds. The zero-order valence-corrected chi connectivity index (χ0v) is 13.5. The van der Waals surface area contributed by atoms with Gasteiger partial charge in [0, 0.05) is 14.1 Å². The number of anilines is 1. The topological polar surface area (TPSA) is 94.2 Å². The molecule has 1 aromatic carbocycles. The van der Waals surface area contributed by atoms with Gasteiger partial charge in [-0.3, -0.25) is 19.4 Å². The van der Waals surface area contributed by atoms with Crippen LogP contribution < -0.4 is 16.7 Å². The first kappa shape index (κ1) is 15.6. The van der Waals surface area contributed by atoms with Crippen molar-refractivity contribution < 1.29 is 0 Å². The van der Waals surface area contributed by atoms with Gasteiger partial charge in [0.2, 0.25) is 0 Å². The zero-order chi connectivity index (χ0) is 17.3. The first-order chi connectivity index (χ1) is 11.5. The number of fused-ring (bicyclic) bond motifs is 1. The number of nitrogens with one attached hydrogen (secondary N) is 1. The van der Waals surface area contributed by atoms with Gasteiger partial charge in [-0.2, -0.15) is 5.10 Å². The highest BCUT2D eigenvalue weighted by molar-refractivity contribution is 5.80. The van der Waals surface area contributed by atoms with Crippen molar-refractivity contribution in [3.8, 4) is 0 Å². The summed E-state index contributed by atoms with van der Waals surface area (Å²) in [6.07, 6.45) is 1.65. The molecule has 0 saturated heterocycles. The van der Waals surface area contributed by atoms with Gasteiger partial charge < -0.3 is 0 Å². The Morgan fingerprint density at radius 1 is 1.08 bits per heavy atom. The Bertz CT molecular complexity index is 1050. The summed E-state index contributed by atoms with van der Waals surface area (Å²) in [5.74, 6) is 0.387. The van der Waals surface area contributed by atoms with Crippen LogP contribution in [0.5, 0.6) is 0 Å². The molecule has 24 heavy (non-hydrogen) atoms. The molecule has 0 unspecified atom stereocenters. The van der Waals surface area contributed by atoms with Crippen LogP contribution in [0.25, 0.3) is 11.2 Å². The highest BCUT2D eigenvalue weighted by atomic mass is 16.2. The Labute approximate surface area is 137 Å². The molecule has 1 N–H and O–H groups in total. The number of rotatable bonds is 3. The molecule has 0 aliphatic carbocycles. The minimum atomic E-state index is -0.469. The van der Waals surface area contributed by atoms with Gasteiger partial charge in [0.05, 0.1) is 11.9 Å². The lowest BCUT2D eigenvalue weighted by Gasteiger charge is -2.09. The summed E-state index contributed by atoms with van der Waals surface area (Å²) in [5, 5.41) is 4.12. The number of hydrogen-bond acceptors (Lipinski definition) is 6. The lowest BCUT2D eigenvalue weighted by atomic mass is 10.2. The second kappa shape index (κ2) is 6.07. The lowest BCUT2D eigenvalue weighted by molar-refractivity contribution is 0.704. The third kappa shape index (κ3) is 2.69. The number of benzene rings is 1. The van der Waals surface area contributed by atoms with Crippen LogP contribution in [0.15, 0.2) is 45.0 Å². The maximum absolute atomic E-state index is 12.2. The van der Waals surface area contributed by atoms with Gasteiger partial charge in [-0.25, -0.2) is 14.8 Å². The average Bonchev–Trinajstić information content (AvgIpc) is 2.60. The van der Waals surface area contributed by atoms with E-state index in [1.165, 1.54) is 11.6 Å². The van der Waals surface area contributed by atoms with Crippen molar-refractivity contribution in [2.45, 2.75) is 6.92 Å². The minimum Gasteiger partial charge on any atom is -0.279 e. The molecule has 2 heterocycles. The smallest absolute Gasteiger partial charge is 0.279 e. The second-order valence-corrected chi connectivity index (χ2v) is 5.32. The van der Waals surface area contributed by atoms with Crippen molar-refractivity contribution in [3.05, 3.63) is 62.4 Å². The summed E-state index contributed by atoms with van der Waals surface area (Å²) in [6, 6.07) is 9.57. The van der Waals surface area contributed by atoms with E-state index < -0.39 is 11.2 Å². The van der Waals surface area contributed by atoms with Crippen molar-refractivity contribution in [2.75, 3.05) is 5.43 Å². The van der Waals surface area contributed by atoms with E-state index in [9.17, 15) is 9.59 Å². The first-order valence-electron chi connectivity index (χ1n) is 7.27. The molecule has 0 fully saturated rings. The quantitative estimate of drug-likeness (QED) is 0.567. The van der Waals surface area contributed by atoms with E-state index in [0.717, 1.165) is 10.1 Å². The fourth-order valence-corrected chi connectivity index (χ4v) is 2.26. The van der Waals surface area contributed by atoms with E-state index in [1.807, 2.05) is 30.3 Å². The van der Waals surface area contributed by atoms with Crippen molar-refractivity contribution in [2.24, 2.45) is 19.2 Å². The molecule has 0 spiro atoms. The molecule has 2 aromatic heterocycles. The monoisotopic (exact) mass is 324 g/mol. The van der Waals surface area contributed by atoms with Crippen LogP contribution in [0.2, 0.25) is 0 Å². The first-order valence-corrected chi connectivity index (χ1v) is 7.27. The van der Waals surface area contributed by atoms with Gasteiger partial charge >= 0.3 is 5.69 Å². The van der Waals surface area contributed by atoms with Crippen LogP contribution >= 0.6 is 0 Å². The van der Waals surface area contributed by atoms with E-state index in [4.69, 9.17) is 0 Å². The van der Waals surface area contributed by atoms with Gasteiger partial charge in [0.15, 0.2) is 17.0 Å². The molecule has 0 aliphatic rings. The standard InChI is InChI=1S/C16H16N6O2/c1-10-13(20-17-9-11-7-5-4-6-8-11)19-14-12(18-10)15(23)22(3)16(24)21(14)2/h4-9H,1-3H3,(H,19,20)/b17-9+. The van der Waals surface area contributed by atoms with Crippen LogP contribution in [0, 0.1) is 6.92 Å². The molecule has 0 bridgehead atoms. The molecule has 0 radical (unpaired) electrons. The molecule has 122 valence electrons. The van der Waals surface area contributed by atoms with Crippen molar-refractivity contribution in [1.82, 2.24) is 19.1 Å². The normalized spacial score (nSPS) is 11.3. The highest BCUT2D eigenvalue weighted by Gasteiger charge is 2.13. The maximum atomic E-state index is 12.2. The van der Waals surface area contributed by atoms with Crippen LogP contribution in [0.3, 0.4) is 0 Å². The Hall–Kier alpha value is -3.29. The largest absolute Gasteiger partial charge is 0.332 e. The predicted octanol–water partition coefficient (Wildman–Crippen LogP) is 0.782. The molecule has 3 aromatic rings. The summed E-state index contributed by atoms with van der Waals surface area (Å²) in [5.41, 5.74) is 3.69. The molecule has 3 rings (SSSR count). The van der Waals surface area contributed by atoms with Gasteiger partial charge in [-0.15, -0.1) is 0 Å². The molecular formula is C16H16N6O2. The Morgan fingerprint density at radius 2 is 1.79 bits per heavy atom. The maximum Gasteiger partial charge on any atom is 0.332 e. The van der Waals surface area contributed by atoms with Crippen molar-refractivity contribution >= 4 is 23.2 Å². The Kier molecular flexibility index (Phi) is 3.95. The molecule has 0 atom stereocenters. The van der Waals surface area contributed by atoms with E-state index in [2.05, 4.69) is 20.5 Å². The summed E-state index contributed by atoms with van der Waals surface area (Å²) in [7, 11) is 2.96. The van der Waals surface area contributed by atoms with Crippen molar-refractivity contribution in [3.63, 3.8) is 0 Å². The van der Waals surface area contributed by atoms with E-state index in [0.29, 0.717) is 11.5 Å². The lowest BCUT2D eigenvalue weighted by Crippen LogP contribution is -2.37. The van der Waals surface area contributed by atoms with Gasteiger partial charge in [-0.05, 0) is 12.5 Å². The highest BCUT2D eigenvalue weighted by Crippen LogP contribution is 2.12. The molecule has 0 saturated carbocycles. The SMILES string of the molecule is Cc1nc2c(=O)n(C)c(=O)n(C)c2nc1N/N=C/c1ccccc1. The van der Waals surface area contributed by atoms with Gasteiger partial charge in [0.1, 0.15) is 0 Å². The summed E-state index contributed by atoms with van der Waals surface area (Å²) >= 11 is 0. The fourth-order valence-electron chi connectivity index (χ4n) is 2.26. The van der Waals surface area contributed by atoms with Gasteiger partial charge in [0.25, 0.3) is 5.56 Å². The molecule has 8 heteroatoms. The van der Waals surface area contributed by atoms with Crippen LogP contribution in [0.1, 0.15) is 11.3 Å². The zero-order valence-electron chi connectivity index (χ0n) is 13.5. The molecule has 8 nitrogen and oxygen atoms in total. The third-order valence-corrected chi connectivity index (χ3v) is 3.63. The van der Waals surface area contributed by atoms with E-state index >= 15 is 0 Å². The summed E-state index contributed by atoms with van der Waals surface area (Å²) in [4.78, 5) is 32.8.